The Balaban J connectivity index is 1.73. The fourth-order valence-electron chi connectivity index (χ4n) is 2.57. The number of carbonyl (C=O) groups excluding carboxylic acids is 1. The van der Waals surface area contributed by atoms with Crippen molar-refractivity contribution < 1.29 is 4.79 Å². The Morgan fingerprint density at radius 2 is 1.81 bits per heavy atom. The molecule has 3 aromatic rings. The highest BCUT2D eigenvalue weighted by Gasteiger charge is 2.20. The molecule has 0 aliphatic carbocycles. The third-order valence-corrected chi connectivity index (χ3v) is 5.44. The minimum atomic E-state index is -0.307. The number of halogens is 1. The van der Waals surface area contributed by atoms with Gasteiger partial charge in [-0.1, -0.05) is 41.1 Å². The highest BCUT2D eigenvalue weighted by molar-refractivity contribution is 8.00. The Morgan fingerprint density at radius 3 is 2.44 bits per heavy atom. The van der Waals surface area contributed by atoms with Crippen LogP contribution in [0.1, 0.15) is 19.4 Å². The standard InChI is InChI=1S/C20H21ClN4OS/c1-4-25-18(15-7-9-16(21)10-8-15)23-24-20(25)27-14(3)19(26)22-17-11-5-13(2)6-12-17/h5-12,14H,4H2,1-3H3,(H,22,26)/t14-/m0/s1. The number of hydrogen-bond donors (Lipinski definition) is 1. The van der Waals surface area contributed by atoms with Crippen molar-refractivity contribution in [3.63, 3.8) is 0 Å². The molecule has 1 aromatic heterocycles. The predicted molar refractivity (Wildman–Crippen MR) is 111 cm³/mol. The molecule has 1 atom stereocenters. The average Bonchev–Trinajstić information content (AvgIpc) is 3.06. The second-order valence-electron chi connectivity index (χ2n) is 6.17. The summed E-state index contributed by atoms with van der Waals surface area (Å²) in [6, 6.07) is 15.2. The lowest BCUT2D eigenvalue weighted by Crippen LogP contribution is -2.22. The van der Waals surface area contributed by atoms with Crippen molar-refractivity contribution in [2.75, 3.05) is 5.32 Å². The quantitative estimate of drug-likeness (QED) is 0.588. The fraction of sp³-hybridized carbons (Fsp3) is 0.250. The van der Waals surface area contributed by atoms with Crippen LogP contribution in [0, 0.1) is 6.92 Å². The molecule has 0 saturated heterocycles. The summed E-state index contributed by atoms with van der Waals surface area (Å²) in [5, 5.41) is 12.6. The smallest absolute Gasteiger partial charge is 0.237 e. The number of hydrogen-bond acceptors (Lipinski definition) is 4. The van der Waals surface area contributed by atoms with Gasteiger partial charge in [0.2, 0.25) is 5.91 Å². The Hall–Kier alpha value is -2.31. The molecule has 0 spiro atoms. The number of carbonyl (C=O) groups is 1. The largest absolute Gasteiger partial charge is 0.325 e. The first-order valence-electron chi connectivity index (χ1n) is 8.71. The molecule has 0 saturated carbocycles. The molecule has 3 rings (SSSR count). The first-order valence-corrected chi connectivity index (χ1v) is 9.97. The maximum atomic E-state index is 12.5. The van der Waals surface area contributed by atoms with Crippen molar-refractivity contribution in [2.24, 2.45) is 0 Å². The van der Waals surface area contributed by atoms with E-state index < -0.39 is 0 Å². The Labute approximate surface area is 168 Å². The monoisotopic (exact) mass is 400 g/mol. The molecular weight excluding hydrogens is 380 g/mol. The number of thioether (sulfide) groups is 1. The van der Waals surface area contributed by atoms with E-state index in [1.54, 1.807) is 0 Å². The number of aromatic nitrogens is 3. The van der Waals surface area contributed by atoms with Crippen molar-refractivity contribution in [2.45, 2.75) is 37.7 Å². The Bertz CT molecular complexity index is 922. The zero-order valence-electron chi connectivity index (χ0n) is 15.4. The molecule has 0 fully saturated rings. The molecule has 0 bridgehead atoms. The van der Waals surface area contributed by atoms with Crippen LogP contribution >= 0.6 is 23.4 Å². The van der Waals surface area contributed by atoms with Crippen molar-refractivity contribution in [3.8, 4) is 11.4 Å². The number of aryl methyl sites for hydroxylation is 1. The Morgan fingerprint density at radius 1 is 1.15 bits per heavy atom. The number of benzene rings is 2. The first kappa shape index (κ1) is 19.5. The first-order chi connectivity index (χ1) is 13.0. The van der Waals surface area contributed by atoms with Crippen LogP contribution in [0.25, 0.3) is 11.4 Å². The van der Waals surface area contributed by atoms with E-state index >= 15 is 0 Å². The summed E-state index contributed by atoms with van der Waals surface area (Å²) < 4.78 is 2.00. The van der Waals surface area contributed by atoms with Gasteiger partial charge in [-0.2, -0.15) is 0 Å². The molecule has 5 nitrogen and oxygen atoms in total. The van der Waals surface area contributed by atoms with Crippen LogP contribution in [0.3, 0.4) is 0 Å². The molecule has 2 aromatic carbocycles. The molecule has 7 heteroatoms. The van der Waals surface area contributed by atoms with E-state index in [1.165, 1.54) is 11.8 Å². The normalized spacial score (nSPS) is 12.0. The van der Waals surface area contributed by atoms with Crippen LogP contribution in [0.2, 0.25) is 5.02 Å². The third kappa shape index (κ3) is 4.70. The summed E-state index contributed by atoms with van der Waals surface area (Å²) in [5.74, 6) is 0.699. The molecule has 27 heavy (non-hydrogen) atoms. The number of nitrogens with one attached hydrogen (secondary N) is 1. The van der Waals surface area contributed by atoms with E-state index in [9.17, 15) is 4.79 Å². The second-order valence-corrected chi connectivity index (χ2v) is 7.92. The molecule has 0 radical (unpaired) electrons. The van der Waals surface area contributed by atoms with E-state index in [0.717, 1.165) is 22.6 Å². The SMILES string of the molecule is CCn1c(S[C@@H](C)C(=O)Nc2ccc(C)cc2)nnc1-c1ccc(Cl)cc1. The van der Waals surface area contributed by atoms with Crippen molar-refractivity contribution in [3.05, 3.63) is 59.1 Å². The van der Waals surface area contributed by atoms with E-state index in [-0.39, 0.29) is 11.2 Å². The van der Waals surface area contributed by atoms with E-state index in [1.807, 2.05) is 73.9 Å². The third-order valence-electron chi connectivity index (χ3n) is 4.11. The van der Waals surface area contributed by atoms with Crippen LogP contribution in [0.15, 0.2) is 53.7 Å². The fourth-order valence-corrected chi connectivity index (χ4v) is 3.60. The average molecular weight is 401 g/mol. The molecule has 0 unspecified atom stereocenters. The summed E-state index contributed by atoms with van der Waals surface area (Å²) in [4.78, 5) is 12.5. The van der Waals surface area contributed by atoms with Gasteiger partial charge in [-0.05, 0) is 57.2 Å². The van der Waals surface area contributed by atoms with Gasteiger partial charge in [-0.25, -0.2) is 0 Å². The van der Waals surface area contributed by atoms with Gasteiger partial charge in [0, 0.05) is 22.8 Å². The van der Waals surface area contributed by atoms with Crippen molar-refractivity contribution in [1.82, 2.24) is 14.8 Å². The highest BCUT2D eigenvalue weighted by atomic mass is 35.5. The molecule has 1 heterocycles. The zero-order chi connectivity index (χ0) is 19.4. The summed E-state index contributed by atoms with van der Waals surface area (Å²) >= 11 is 7.36. The van der Waals surface area contributed by atoms with Crippen LogP contribution in [-0.2, 0) is 11.3 Å². The minimum Gasteiger partial charge on any atom is -0.325 e. The lowest BCUT2D eigenvalue weighted by Gasteiger charge is -2.13. The van der Waals surface area contributed by atoms with E-state index in [0.29, 0.717) is 16.7 Å². The van der Waals surface area contributed by atoms with E-state index in [2.05, 4.69) is 15.5 Å². The molecule has 1 N–H and O–H groups in total. The predicted octanol–water partition coefficient (Wildman–Crippen LogP) is 5.05. The molecule has 1 amide bonds. The molecule has 140 valence electrons. The van der Waals surface area contributed by atoms with Gasteiger partial charge >= 0.3 is 0 Å². The summed E-state index contributed by atoms with van der Waals surface area (Å²) in [5.41, 5.74) is 2.88. The van der Waals surface area contributed by atoms with E-state index in [4.69, 9.17) is 11.6 Å². The van der Waals surface area contributed by atoms with Crippen molar-refractivity contribution in [1.29, 1.82) is 0 Å². The van der Waals surface area contributed by atoms with Gasteiger partial charge in [-0.3, -0.25) is 4.79 Å². The lowest BCUT2D eigenvalue weighted by molar-refractivity contribution is -0.115. The molecule has 0 aliphatic rings. The lowest BCUT2D eigenvalue weighted by atomic mass is 10.2. The summed E-state index contributed by atoms with van der Waals surface area (Å²) in [6.07, 6.45) is 0. The van der Waals surface area contributed by atoms with Gasteiger partial charge in [-0.15, -0.1) is 10.2 Å². The van der Waals surface area contributed by atoms with Crippen molar-refractivity contribution >= 4 is 35.0 Å². The van der Waals surface area contributed by atoms with Gasteiger partial charge in [0.1, 0.15) is 0 Å². The highest BCUT2D eigenvalue weighted by Crippen LogP contribution is 2.28. The number of nitrogens with zero attached hydrogens (tertiary/aromatic N) is 3. The van der Waals surface area contributed by atoms with Gasteiger partial charge in [0.05, 0.1) is 5.25 Å². The van der Waals surface area contributed by atoms with Crippen LogP contribution in [-0.4, -0.2) is 25.9 Å². The van der Waals surface area contributed by atoms with Crippen LogP contribution < -0.4 is 5.32 Å². The summed E-state index contributed by atoms with van der Waals surface area (Å²) in [6.45, 7) is 6.62. The number of anilines is 1. The number of amides is 1. The van der Waals surface area contributed by atoms with Crippen LogP contribution in [0.5, 0.6) is 0 Å². The molecular formula is C20H21ClN4OS. The van der Waals surface area contributed by atoms with Gasteiger partial charge in [0.15, 0.2) is 11.0 Å². The minimum absolute atomic E-state index is 0.0671. The zero-order valence-corrected chi connectivity index (χ0v) is 17.0. The van der Waals surface area contributed by atoms with Gasteiger partial charge < -0.3 is 9.88 Å². The maximum absolute atomic E-state index is 12.5. The number of rotatable bonds is 6. The molecule has 0 aliphatic heterocycles. The summed E-state index contributed by atoms with van der Waals surface area (Å²) in [7, 11) is 0. The topological polar surface area (TPSA) is 59.8 Å². The van der Waals surface area contributed by atoms with Gasteiger partial charge in [0.25, 0.3) is 0 Å². The van der Waals surface area contributed by atoms with Crippen LogP contribution in [0.4, 0.5) is 5.69 Å². The maximum Gasteiger partial charge on any atom is 0.237 e. The Kier molecular flexibility index (Phi) is 6.19. The second kappa shape index (κ2) is 8.59.